The Morgan fingerprint density at radius 3 is 2.59 bits per heavy atom. The van der Waals surface area contributed by atoms with Crippen LogP contribution < -0.4 is 9.62 Å². The number of rotatable bonds is 3. The van der Waals surface area contributed by atoms with Crippen molar-refractivity contribution in [3.63, 3.8) is 0 Å². The van der Waals surface area contributed by atoms with E-state index in [0.29, 0.717) is 16.3 Å². The fourth-order valence-electron chi connectivity index (χ4n) is 2.99. The summed E-state index contributed by atoms with van der Waals surface area (Å²) in [7, 11) is -3.62. The van der Waals surface area contributed by atoms with Gasteiger partial charge >= 0.3 is 0 Å². The minimum Gasteiger partial charge on any atom is -0.351 e. The number of anilines is 1. The molecule has 22 heavy (non-hydrogen) atoms. The first-order valence-corrected chi connectivity index (χ1v) is 9.64. The summed E-state index contributed by atoms with van der Waals surface area (Å²) in [6, 6.07) is 3.22. The largest absolute Gasteiger partial charge is 0.351 e. The molecule has 1 aliphatic rings. The van der Waals surface area contributed by atoms with E-state index in [0.717, 1.165) is 19.2 Å². The van der Waals surface area contributed by atoms with Gasteiger partial charge in [0, 0.05) is 12.1 Å². The molecule has 0 unspecified atom stereocenters. The highest BCUT2D eigenvalue weighted by Gasteiger charge is 2.39. The molecular weight excluding hydrogens is 370 g/mol. The third-order valence-corrected chi connectivity index (χ3v) is 4.69. The Morgan fingerprint density at radius 2 is 2.09 bits per heavy atom. The predicted octanol–water partition coefficient (Wildman–Crippen LogP) is 2.16. The number of aromatic nitrogens is 1. The molecule has 1 aromatic rings. The fourth-order valence-corrected chi connectivity index (χ4v) is 3.74. The highest BCUT2D eigenvalue weighted by molar-refractivity contribution is 9.10. The van der Waals surface area contributed by atoms with Crippen LogP contribution in [0.3, 0.4) is 0 Å². The van der Waals surface area contributed by atoms with E-state index in [1.807, 2.05) is 4.72 Å². The Kier molecular flexibility index (Phi) is 4.54. The van der Waals surface area contributed by atoms with Gasteiger partial charge in [-0.15, -0.1) is 0 Å². The molecule has 1 atom stereocenters. The second-order valence-corrected chi connectivity index (χ2v) is 9.00. The van der Waals surface area contributed by atoms with E-state index in [2.05, 4.69) is 46.6 Å². The van der Waals surface area contributed by atoms with Crippen molar-refractivity contribution in [3.05, 3.63) is 22.3 Å². The second-order valence-electron chi connectivity index (χ2n) is 6.44. The number of amides is 1. The van der Waals surface area contributed by atoms with Crippen LogP contribution >= 0.6 is 15.9 Å². The van der Waals surface area contributed by atoms with Crippen molar-refractivity contribution >= 4 is 37.7 Å². The first-order valence-electron chi connectivity index (χ1n) is 6.96. The van der Waals surface area contributed by atoms with Gasteiger partial charge < -0.3 is 4.90 Å². The molecule has 1 saturated heterocycles. The molecule has 0 radical (unpaired) electrons. The van der Waals surface area contributed by atoms with Gasteiger partial charge in [-0.2, -0.15) is 0 Å². The molecule has 0 spiro atoms. The van der Waals surface area contributed by atoms with Crippen molar-refractivity contribution < 1.29 is 13.2 Å². The van der Waals surface area contributed by atoms with Crippen LogP contribution in [0.25, 0.3) is 0 Å². The van der Waals surface area contributed by atoms with E-state index in [4.69, 9.17) is 0 Å². The highest BCUT2D eigenvalue weighted by atomic mass is 79.9. The van der Waals surface area contributed by atoms with E-state index in [1.54, 1.807) is 12.1 Å². The molecule has 1 N–H and O–H groups in total. The zero-order chi connectivity index (χ0) is 16.7. The molecule has 122 valence electrons. The van der Waals surface area contributed by atoms with Crippen LogP contribution in [0.5, 0.6) is 0 Å². The van der Waals surface area contributed by atoms with Crippen LogP contribution in [0.2, 0.25) is 0 Å². The van der Waals surface area contributed by atoms with Gasteiger partial charge in [0.1, 0.15) is 10.4 Å². The summed E-state index contributed by atoms with van der Waals surface area (Å²) < 4.78 is 25.3. The summed E-state index contributed by atoms with van der Waals surface area (Å²) in [6.07, 6.45) is 1.94. The van der Waals surface area contributed by atoms with Gasteiger partial charge in [0.25, 0.3) is 5.91 Å². The zero-order valence-electron chi connectivity index (χ0n) is 13.1. The first kappa shape index (κ1) is 17.2. The van der Waals surface area contributed by atoms with Crippen molar-refractivity contribution in [2.24, 2.45) is 5.92 Å². The average molecular weight is 390 g/mol. The lowest BCUT2D eigenvalue weighted by Gasteiger charge is -2.33. The maximum atomic E-state index is 12.3. The molecule has 0 bridgehead atoms. The van der Waals surface area contributed by atoms with Crippen molar-refractivity contribution in [3.8, 4) is 0 Å². The van der Waals surface area contributed by atoms with Gasteiger partial charge in [-0.1, -0.05) is 6.92 Å². The van der Waals surface area contributed by atoms with Crippen LogP contribution in [-0.2, 0) is 10.0 Å². The standard InChI is InChI=1S/C14H20BrN3O3S/c1-9-7-14(2,3)18(8-9)12-10(5-6-11(15)16-12)13(19)17-22(4,20)21/h5-6,9H,7-8H2,1-4H3,(H,17,19)/t9-/m0/s1. The molecule has 8 heteroatoms. The fraction of sp³-hybridized carbons (Fsp3) is 0.571. The maximum absolute atomic E-state index is 12.3. The third-order valence-electron chi connectivity index (χ3n) is 3.69. The smallest absolute Gasteiger partial charge is 0.268 e. The molecule has 0 saturated carbocycles. The Labute approximate surface area is 139 Å². The van der Waals surface area contributed by atoms with Crippen LogP contribution in [-0.4, -0.2) is 37.6 Å². The van der Waals surface area contributed by atoms with Gasteiger partial charge in [0.05, 0.1) is 11.8 Å². The van der Waals surface area contributed by atoms with Gasteiger partial charge in [-0.05, 0) is 54.2 Å². The SMILES string of the molecule is C[C@@H]1CN(c2nc(Br)ccc2C(=O)NS(C)(=O)=O)C(C)(C)C1. The number of carbonyl (C=O) groups excluding carboxylic acids is 1. The summed E-state index contributed by atoms with van der Waals surface area (Å²) in [5.74, 6) is 0.319. The van der Waals surface area contributed by atoms with E-state index >= 15 is 0 Å². The third kappa shape index (κ3) is 3.78. The number of halogens is 1. The molecule has 2 heterocycles. The number of nitrogens with one attached hydrogen (secondary N) is 1. The van der Waals surface area contributed by atoms with Gasteiger partial charge in [-0.3, -0.25) is 4.79 Å². The van der Waals surface area contributed by atoms with E-state index in [9.17, 15) is 13.2 Å². The number of sulfonamides is 1. The number of nitrogens with zero attached hydrogens (tertiary/aromatic N) is 2. The molecule has 1 aliphatic heterocycles. The van der Waals surface area contributed by atoms with Gasteiger partial charge in [0.2, 0.25) is 10.0 Å². The topological polar surface area (TPSA) is 79.4 Å². The van der Waals surface area contributed by atoms with Gasteiger partial charge in [0.15, 0.2) is 0 Å². The Morgan fingerprint density at radius 1 is 1.45 bits per heavy atom. The van der Waals surface area contributed by atoms with Crippen LogP contribution in [0.4, 0.5) is 5.82 Å². The molecular formula is C14H20BrN3O3S. The minimum atomic E-state index is -3.62. The minimum absolute atomic E-state index is 0.146. The van der Waals surface area contributed by atoms with E-state index in [1.165, 1.54) is 0 Å². The summed E-state index contributed by atoms with van der Waals surface area (Å²) in [6.45, 7) is 7.11. The lowest BCUT2D eigenvalue weighted by atomic mass is 9.97. The summed E-state index contributed by atoms with van der Waals surface area (Å²) >= 11 is 3.32. The Balaban J connectivity index is 2.47. The lowest BCUT2D eigenvalue weighted by Crippen LogP contribution is -2.40. The van der Waals surface area contributed by atoms with Crippen molar-refractivity contribution in [1.29, 1.82) is 0 Å². The predicted molar refractivity (Wildman–Crippen MR) is 89.5 cm³/mol. The number of pyridine rings is 1. The molecule has 1 aromatic heterocycles. The molecule has 0 aromatic carbocycles. The van der Waals surface area contributed by atoms with Crippen molar-refractivity contribution in [2.45, 2.75) is 32.7 Å². The number of hydrogen-bond acceptors (Lipinski definition) is 5. The average Bonchev–Trinajstić information content (AvgIpc) is 2.59. The summed E-state index contributed by atoms with van der Waals surface area (Å²) in [5, 5.41) is 0. The number of hydrogen-bond donors (Lipinski definition) is 1. The second kappa shape index (κ2) is 5.81. The normalized spacial score (nSPS) is 21.0. The molecule has 0 aliphatic carbocycles. The van der Waals surface area contributed by atoms with Crippen LogP contribution in [0, 0.1) is 5.92 Å². The molecule has 1 fully saturated rings. The highest BCUT2D eigenvalue weighted by Crippen LogP contribution is 2.37. The van der Waals surface area contributed by atoms with Crippen molar-refractivity contribution in [1.82, 2.24) is 9.71 Å². The lowest BCUT2D eigenvalue weighted by molar-refractivity contribution is 0.0981. The summed E-state index contributed by atoms with van der Waals surface area (Å²) in [5.41, 5.74) is 0.114. The Bertz CT molecular complexity index is 703. The maximum Gasteiger partial charge on any atom is 0.268 e. The van der Waals surface area contributed by atoms with E-state index < -0.39 is 15.9 Å². The van der Waals surface area contributed by atoms with E-state index in [-0.39, 0.29) is 11.1 Å². The first-order chi connectivity index (χ1) is 9.99. The van der Waals surface area contributed by atoms with Crippen molar-refractivity contribution in [2.75, 3.05) is 17.7 Å². The monoisotopic (exact) mass is 389 g/mol. The van der Waals surface area contributed by atoms with Gasteiger partial charge in [-0.25, -0.2) is 18.1 Å². The van der Waals surface area contributed by atoms with Crippen LogP contribution in [0.15, 0.2) is 16.7 Å². The van der Waals surface area contributed by atoms with Crippen LogP contribution in [0.1, 0.15) is 37.6 Å². The molecule has 6 nitrogen and oxygen atoms in total. The zero-order valence-corrected chi connectivity index (χ0v) is 15.5. The quantitative estimate of drug-likeness (QED) is 0.801. The summed E-state index contributed by atoms with van der Waals surface area (Å²) in [4.78, 5) is 18.8. The molecule has 1 amide bonds. The number of carbonyl (C=O) groups is 1. The molecule has 2 rings (SSSR count). The Hall–Kier alpha value is -1.15.